The SMILES string of the molecule is COc1ccc(-c2nnc(SCc3cc(=O)oc4c(C)c(C)ccc34)n2CC2CCCO2)cc1. The van der Waals surface area contributed by atoms with Crippen molar-refractivity contribution in [3.05, 3.63) is 69.6 Å². The van der Waals surface area contributed by atoms with Gasteiger partial charge in [-0.3, -0.25) is 4.57 Å². The molecule has 0 N–H and O–H groups in total. The van der Waals surface area contributed by atoms with Crippen molar-refractivity contribution in [1.29, 1.82) is 0 Å². The molecule has 1 saturated heterocycles. The van der Waals surface area contributed by atoms with E-state index in [0.717, 1.165) is 63.8 Å². The maximum atomic E-state index is 12.3. The van der Waals surface area contributed by atoms with Crippen molar-refractivity contribution in [1.82, 2.24) is 14.8 Å². The summed E-state index contributed by atoms with van der Waals surface area (Å²) < 4.78 is 18.9. The first-order chi connectivity index (χ1) is 16.5. The van der Waals surface area contributed by atoms with E-state index in [9.17, 15) is 4.79 Å². The van der Waals surface area contributed by atoms with Gasteiger partial charge in [0.1, 0.15) is 11.3 Å². The highest BCUT2D eigenvalue weighted by Gasteiger charge is 2.22. The number of thioether (sulfide) groups is 1. The number of nitrogens with zero attached hydrogens (tertiary/aromatic N) is 3. The number of aryl methyl sites for hydroxylation is 2. The van der Waals surface area contributed by atoms with Crippen LogP contribution in [0.4, 0.5) is 0 Å². The molecule has 0 radical (unpaired) electrons. The highest BCUT2D eigenvalue weighted by Crippen LogP contribution is 2.31. The van der Waals surface area contributed by atoms with E-state index in [2.05, 4.69) is 20.8 Å². The molecule has 1 fully saturated rings. The first-order valence-corrected chi connectivity index (χ1v) is 12.4. The van der Waals surface area contributed by atoms with Crippen LogP contribution in [-0.2, 0) is 17.0 Å². The molecule has 2 aromatic heterocycles. The second-order valence-corrected chi connectivity index (χ2v) is 9.49. The predicted octanol–water partition coefficient (Wildman–Crippen LogP) is 5.15. The Kier molecular flexibility index (Phi) is 6.43. The molecular weight excluding hydrogens is 450 g/mol. The minimum atomic E-state index is -0.337. The van der Waals surface area contributed by atoms with Crippen LogP contribution in [0.15, 0.2) is 56.8 Å². The van der Waals surface area contributed by atoms with Gasteiger partial charge in [0.25, 0.3) is 0 Å². The number of hydrogen-bond acceptors (Lipinski definition) is 7. The van der Waals surface area contributed by atoms with Crippen LogP contribution in [0.1, 0.15) is 29.5 Å². The van der Waals surface area contributed by atoms with Gasteiger partial charge >= 0.3 is 5.63 Å². The van der Waals surface area contributed by atoms with E-state index in [1.165, 1.54) is 0 Å². The van der Waals surface area contributed by atoms with Crippen molar-refractivity contribution in [3.63, 3.8) is 0 Å². The van der Waals surface area contributed by atoms with Gasteiger partial charge in [0, 0.05) is 29.4 Å². The molecule has 1 unspecified atom stereocenters. The smallest absolute Gasteiger partial charge is 0.336 e. The fourth-order valence-electron chi connectivity index (χ4n) is 4.29. The fourth-order valence-corrected chi connectivity index (χ4v) is 5.23. The van der Waals surface area contributed by atoms with Gasteiger partial charge in [0.2, 0.25) is 0 Å². The molecule has 8 heteroatoms. The molecule has 176 valence electrons. The Morgan fingerprint density at radius 3 is 2.71 bits per heavy atom. The van der Waals surface area contributed by atoms with E-state index >= 15 is 0 Å². The van der Waals surface area contributed by atoms with Crippen LogP contribution < -0.4 is 10.4 Å². The van der Waals surface area contributed by atoms with E-state index in [1.807, 2.05) is 44.2 Å². The lowest BCUT2D eigenvalue weighted by Crippen LogP contribution is -2.16. The standard InChI is InChI=1S/C26H27N3O4S/c1-16-6-11-22-19(13-23(30)33-24(22)17(16)2)15-34-26-28-27-25(18-7-9-20(31-3)10-8-18)29(26)14-21-5-4-12-32-21/h6-11,13,21H,4-5,12,14-15H2,1-3H3. The summed E-state index contributed by atoms with van der Waals surface area (Å²) in [6.45, 7) is 5.48. The summed E-state index contributed by atoms with van der Waals surface area (Å²) in [4.78, 5) is 12.3. The Morgan fingerprint density at radius 2 is 1.97 bits per heavy atom. The Balaban J connectivity index is 1.48. The summed E-state index contributed by atoms with van der Waals surface area (Å²) >= 11 is 1.57. The Bertz CT molecular complexity index is 1370. The Labute approximate surface area is 202 Å². The molecule has 3 heterocycles. The van der Waals surface area contributed by atoms with Gasteiger partial charge in [-0.2, -0.15) is 0 Å². The van der Waals surface area contributed by atoms with Gasteiger partial charge in [0.15, 0.2) is 11.0 Å². The lowest BCUT2D eigenvalue weighted by molar-refractivity contribution is 0.0953. The second-order valence-electron chi connectivity index (χ2n) is 8.54. The molecule has 1 aliphatic heterocycles. The molecular formula is C26H27N3O4S. The maximum Gasteiger partial charge on any atom is 0.336 e. The van der Waals surface area contributed by atoms with Crippen LogP contribution in [0, 0.1) is 13.8 Å². The molecule has 0 saturated carbocycles. The van der Waals surface area contributed by atoms with Gasteiger partial charge in [-0.25, -0.2) is 4.79 Å². The number of aromatic nitrogens is 3. The van der Waals surface area contributed by atoms with Crippen molar-refractivity contribution in [3.8, 4) is 17.1 Å². The Hall–Kier alpha value is -3.10. The third-order valence-corrected chi connectivity index (χ3v) is 7.37. The third kappa shape index (κ3) is 4.48. The number of ether oxygens (including phenoxy) is 2. The average Bonchev–Trinajstić information content (AvgIpc) is 3.51. The quantitative estimate of drug-likeness (QED) is 0.269. The zero-order valence-electron chi connectivity index (χ0n) is 19.5. The monoisotopic (exact) mass is 477 g/mol. The summed E-state index contributed by atoms with van der Waals surface area (Å²) in [5.74, 6) is 2.17. The van der Waals surface area contributed by atoms with Gasteiger partial charge < -0.3 is 13.9 Å². The normalized spacial score (nSPS) is 15.8. The number of benzene rings is 2. The zero-order chi connectivity index (χ0) is 23.7. The van der Waals surface area contributed by atoms with Crippen molar-refractivity contribution in [2.75, 3.05) is 13.7 Å². The fraction of sp³-hybridized carbons (Fsp3) is 0.346. The van der Waals surface area contributed by atoms with Crippen LogP contribution >= 0.6 is 11.8 Å². The lowest BCUT2D eigenvalue weighted by atomic mass is 10.0. The summed E-state index contributed by atoms with van der Waals surface area (Å²) in [6.07, 6.45) is 2.23. The minimum absolute atomic E-state index is 0.141. The molecule has 0 bridgehead atoms. The number of methoxy groups -OCH3 is 1. The molecule has 1 aliphatic rings. The van der Waals surface area contributed by atoms with Crippen LogP contribution in [0.3, 0.4) is 0 Å². The van der Waals surface area contributed by atoms with Gasteiger partial charge in [-0.05, 0) is 67.6 Å². The molecule has 34 heavy (non-hydrogen) atoms. The first kappa shape index (κ1) is 22.7. The highest BCUT2D eigenvalue weighted by atomic mass is 32.2. The van der Waals surface area contributed by atoms with Gasteiger partial charge in [-0.1, -0.05) is 23.9 Å². The summed E-state index contributed by atoms with van der Waals surface area (Å²) in [5.41, 5.74) is 4.30. The van der Waals surface area contributed by atoms with E-state index in [-0.39, 0.29) is 11.7 Å². The summed E-state index contributed by atoms with van der Waals surface area (Å²) in [5, 5.41) is 10.8. The summed E-state index contributed by atoms with van der Waals surface area (Å²) in [6, 6.07) is 13.5. The molecule has 5 rings (SSSR count). The van der Waals surface area contributed by atoms with Gasteiger partial charge in [-0.15, -0.1) is 10.2 Å². The van der Waals surface area contributed by atoms with Crippen LogP contribution in [0.2, 0.25) is 0 Å². The average molecular weight is 478 g/mol. The zero-order valence-corrected chi connectivity index (χ0v) is 20.4. The van der Waals surface area contributed by atoms with Crippen molar-refractivity contribution < 1.29 is 13.9 Å². The molecule has 1 atom stereocenters. The molecule has 2 aromatic carbocycles. The Morgan fingerprint density at radius 1 is 1.15 bits per heavy atom. The highest BCUT2D eigenvalue weighted by molar-refractivity contribution is 7.98. The molecule has 7 nitrogen and oxygen atoms in total. The minimum Gasteiger partial charge on any atom is -0.497 e. The predicted molar refractivity (Wildman–Crippen MR) is 133 cm³/mol. The first-order valence-electron chi connectivity index (χ1n) is 11.4. The summed E-state index contributed by atoms with van der Waals surface area (Å²) in [7, 11) is 1.65. The van der Waals surface area contributed by atoms with Crippen molar-refractivity contribution in [2.24, 2.45) is 0 Å². The van der Waals surface area contributed by atoms with E-state index in [4.69, 9.17) is 13.9 Å². The maximum absolute atomic E-state index is 12.3. The largest absolute Gasteiger partial charge is 0.497 e. The van der Waals surface area contributed by atoms with Crippen molar-refractivity contribution in [2.45, 2.75) is 50.2 Å². The van der Waals surface area contributed by atoms with Crippen LogP contribution in [0.25, 0.3) is 22.4 Å². The molecule has 4 aromatic rings. The van der Waals surface area contributed by atoms with Crippen LogP contribution in [-0.4, -0.2) is 34.6 Å². The number of rotatable bonds is 7. The molecule has 0 aliphatic carbocycles. The third-order valence-electron chi connectivity index (χ3n) is 6.35. The number of fused-ring (bicyclic) bond motifs is 1. The van der Waals surface area contributed by atoms with Crippen molar-refractivity contribution >= 4 is 22.7 Å². The van der Waals surface area contributed by atoms with Crippen LogP contribution in [0.5, 0.6) is 5.75 Å². The van der Waals surface area contributed by atoms with E-state index in [0.29, 0.717) is 17.9 Å². The van der Waals surface area contributed by atoms with E-state index < -0.39 is 0 Å². The second kappa shape index (κ2) is 9.64. The number of hydrogen-bond donors (Lipinski definition) is 0. The molecule has 0 amide bonds. The van der Waals surface area contributed by atoms with Gasteiger partial charge in [0.05, 0.1) is 19.8 Å². The molecule has 0 spiro atoms. The van der Waals surface area contributed by atoms with E-state index in [1.54, 1.807) is 24.9 Å². The lowest BCUT2D eigenvalue weighted by Gasteiger charge is -2.15. The topological polar surface area (TPSA) is 79.4 Å².